The molecule has 0 saturated heterocycles. The van der Waals surface area contributed by atoms with Gasteiger partial charge in [-0.05, 0) is 31.4 Å². The number of fused-ring (bicyclic) bond motifs is 1. The second-order valence-electron chi connectivity index (χ2n) is 5.58. The lowest BCUT2D eigenvalue weighted by atomic mass is 10.0. The molecule has 0 aromatic heterocycles. The fourth-order valence-electron chi connectivity index (χ4n) is 2.59. The summed E-state index contributed by atoms with van der Waals surface area (Å²) in [6.07, 6.45) is 0. The molecule has 1 atom stereocenters. The Morgan fingerprint density at radius 2 is 2.17 bits per heavy atom. The molecule has 1 aromatic carbocycles. The van der Waals surface area contributed by atoms with E-state index in [-0.39, 0.29) is 0 Å². The first-order valence-electron chi connectivity index (χ1n) is 6.66. The van der Waals surface area contributed by atoms with Gasteiger partial charge >= 0.3 is 0 Å². The number of hydrogen-bond acceptors (Lipinski definition) is 2. The van der Waals surface area contributed by atoms with Crippen LogP contribution in [0.2, 0.25) is 5.02 Å². The maximum Gasteiger partial charge on any atom is 0.142 e. The quantitative estimate of drug-likeness (QED) is 0.801. The predicted octanol–water partition coefficient (Wildman–Crippen LogP) is 4.06. The largest absolute Gasteiger partial charge is 0.490 e. The molecule has 18 heavy (non-hydrogen) atoms. The molecule has 0 N–H and O–H groups in total. The molecular weight excluding hydrogens is 246 g/mol. The fraction of sp³-hybridized carbons (Fsp3) is 0.600. The summed E-state index contributed by atoms with van der Waals surface area (Å²) in [7, 11) is 0. The van der Waals surface area contributed by atoms with E-state index in [0.717, 1.165) is 23.9 Å². The summed E-state index contributed by atoms with van der Waals surface area (Å²) in [5, 5.41) is 0.739. The molecule has 0 aliphatic carbocycles. The van der Waals surface area contributed by atoms with Gasteiger partial charge in [0.1, 0.15) is 12.4 Å². The third-order valence-corrected chi connectivity index (χ3v) is 3.72. The summed E-state index contributed by atoms with van der Waals surface area (Å²) < 4.78 is 5.84. The molecule has 0 unspecified atom stereocenters. The maximum atomic E-state index is 6.30. The molecule has 1 aromatic rings. The predicted molar refractivity (Wildman–Crippen MR) is 76.5 cm³/mol. The average molecular weight is 268 g/mol. The van der Waals surface area contributed by atoms with Crippen LogP contribution in [0.1, 0.15) is 37.9 Å². The van der Waals surface area contributed by atoms with Crippen LogP contribution < -0.4 is 4.74 Å². The Kier molecular flexibility index (Phi) is 4.18. The summed E-state index contributed by atoms with van der Waals surface area (Å²) in [6, 6.07) is 4.54. The van der Waals surface area contributed by atoms with E-state index in [1.54, 1.807) is 0 Å². The fourth-order valence-corrected chi connectivity index (χ4v) is 2.93. The molecule has 0 radical (unpaired) electrons. The van der Waals surface area contributed by atoms with E-state index in [1.807, 2.05) is 6.07 Å². The minimum atomic E-state index is 0.363. The van der Waals surface area contributed by atoms with Gasteiger partial charge in [-0.25, -0.2) is 0 Å². The topological polar surface area (TPSA) is 12.5 Å². The lowest BCUT2D eigenvalue weighted by Crippen LogP contribution is -2.32. The van der Waals surface area contributed by atoms with Crippen molar-refractivity contribution < 1.29 is 4.74 Å². The van der Waals surface area contributed by atoms with Gasteiger partial charge in [0.15, 0.2) is 0 Å². The van der Waals surface area contributed by atoms with Crippen LogP contribution in [0.3, 0.4) is 0 Å². The monoisotopic (exact) mass is 267 g/mol. The van der Waals surface area contributed by atoms with E-state index in [0.29, 0.717) is 18.6 Å². The van der Waals surface area contributed by atoms with Gasteiger partial charge in [-0.3, -0.25) is 4.90 Å². The van der Waals surface area contributed by atoms with Crippen molar-refractivity contribution >= 4 is 11.6 Å². The summed E-state index contributed by atoms with van der Waals surface area (Å²) in [4.78, 5) is 2.48. The molecular formula is C15H22ClNO. The first-order chi connectivity index (χ1) is 8.49. The van der Waals surface area contributed by atoms with E-state index < -0.39 is 0 Å². The van der Waals surface area contributed by atoms with E-state index in [2.05, 4.69) is 38.7 Å². The van der Waals surface area contributed by atoms with Gasteiger partial charge in [0.2, 0.25) is 0 Å². The molecule has 1 aliphatic heterocycles. The highest BCUT2D eigenvalue weighted by atomic mass is 35.5. The molecule has 2 nitrogen and oxygen atoms in total. The Balaban J connectivity index is 2.36. The zero-order valence-corrected chi connectivity index (χ0v) is 12.4. The SMILES string of the molecule is Cc1cc(Cl)c2c(c1)[C@H](C)N(CC(C)C)CCO2. The van der Waals surface area contributed by atoms with Gasteiger partial charge in [-0.2, -0.15) is 0 Å². The van der Waals surface area contributed by atoms with E-state index >= 15 is 0 Å². The number of aryl methyl sites for hydroxylation is 1. The van der Waals surface area contributed by atoms with Gasteiger partial charge in [0, 0.05) is 24.7 Å². The third kappa shape index (κ3) is 2.81. The third-order valence-electron chi connectivity index (χ3n) is 3.44. The van der Waals surface area contributed by atoms with E-state index in [1.165, 1.54) is 11.1 Å². The van der Waals surface area contributed by atoms with Crippen molar-refractivity contribution in [1.29, 1.82) is 0 Å². The number of benzene rings is 1. The summed E-state index contributed by atoms with van der Waals surface area (Å²) in [5.41, 5.74) is 2.42. The molecule has 1 heterocycles. The Morgan fingerprint density at radius 3 is 2.83 bits per heavy atom. The van der Waals surface area contributed by atoms with Crippen LogP contribution in [0.4, 0.5) is 0 Å². The van der Waals surface area contributed by atoms with Crippen LogP contribution in [-0.2, 0) is 0 Å². The highest BCUT2D eigenvalue weighted by Gasteiger charge is 2.25. The van der Waals surface area contributed by atoms with Crippen LogP contribution in [0.5, 0.6) is 5.75 Å². The molecule has 0 saturated carbocycles. The van der Waals surface area contributed by atoms with Crippen molar-refractivity contribution in [1.82, 2.24) is 4.90 Å². The molecule has 1 aliphatic rings. The van der Waals surface area contributed by atoms with Gasteiger partial charge < -0.3 is 4.74 Å². The van der Waals surface area contributed by atoms with E-state index in [9.17, 15) is 0 Å². The Morgan fingerprint density at radius 1 is 1.44 bits per heavy atom. The van der Waals surface area contributed by atoms with Crippen molar-refractivity contribution in [2.75, 3.05) is 19.7 Å². The maximum absolute atomic E-state index is 6.30. The molecule has 0 bridgehead atoms. The number of halogens is 1. The molecule has 0 spiro atoms. The highest BCUT2D eigenvalue weighted by Crippen LogP contribution is 2.38. The lowest BCUT2D eigenvalue weighted by molar-refractivity contribution is 0.173. The van der Waals surface area contributed by atoms with Gasteiger partial charge in [0.25, 0.3) is 0 Å². The minimum absolute atomic E-state index is 0.363. The van der Waals surface area contributed by atoms with Gasteiger partial charge in [0.05, 0.1) is 5.02 Å². The molecule has 0 amide bonds. The Labute approximate surface area is 115 Å². The van der Waals surface area contributed by atoms with Crippen LogP contribution in [0, 0.1) is 12.8 Å². The number of nitrogens with zero attached hydrogens (tertiary/aromatic N) is 1. The van der Waals surface area contributed by atoms with Crippen LogP contribution >= 0.6 is 11.6 Å². The summed E-state index contributed by atoms with van der Waals surface area (Å²) >= 11 is 6.30. The minimum Gasteiger partial charge on any atom is -0.490 e. The van der Waals surface area contributed by atoms with Crippen molar-refractivity contribution in [3.63, 3.8) is 0 Å². The Bertz CT molecular complexity index is 431. The number of rotatable bonds is 2. The van der Waals surface area contributed by atoms with Crippen molar-refractivity contribution in [2.45, 2.75) is 33.7 Å². The van der Waals surface area contributed by atoms with Crippen LogP contribution in [0.25, 0.3) is 0 Å². The van der Waals surface area contributed by atoms with Crippen LogP contribution in [-0.4, -0.2) is 24.6 Å². The van der Waals surface area contributed by atoms with E-state index in [4.69, 9.17) is 16.3 Å². The molecule has 2 rings (SSSR count). The van der Waals surface area contributed by atoms with Gasteiger partial charge in [-0.15, -0.1) is 0 Å². The Hall–Kier alpha value is -0.730. The number of ether oxygens (including phenoxy) is 1. The average Bonchev–Trinajstić information content (AvgIpc) is 2.41. The smallest absolute Gasteiger partial charge is 0.142 e. The van der Waals surface area contributed by atoms with Gasteiger partial charge in [-0.1, -0.05) is 31.5 Å². The lowest BCUT2D eigenvalue weighted by Gasteiger charge is -2.28. The molecule has 100 valence electrons. The van der Waals surface area contributed by atoms with Crippen molar-refractivity contribution in [3.8, 4) is 5.75 Å². The number of hydrogen-bond donors (Lipinski definition) is 0. The zero-order valence-electron chi connectivity index (χ0n) is 11.7. The van der Waals surface area contributed by atoms with Crippen LogP contribution in [0.15, 0.2) is 12.1 Å². The summed E-state index contributed by atoms with van der Waals surface area (Å²) in [6.45, 7) is 11.6. The van der Waals surface area contributed by atoms with Crippen molar-refractivity contribution in [3.05, 3.63) is 28.3 Å². The first-order valence-corrected chi connectivity index (χ1v) is 7.03. The second-order valence-corrected chi connectivity index (χ2v) is 5.99. The normalized spacial score (nSPS) is 20.4. The second kappa shape index (κ2) is 5.50. The molecule has 0 fully saturated rings. The zero-order chi connectivity index (χ0) is 13.3. The first kappa shape index (κ1) is 13.7. The summed E-state index contributed by atoms with van der Waals surface area (Å²) in [5.74, 6) is 1.54. The van der Waals surface area contributed by atoms with Crippen molar-refractivity contribution in [2.24, 2.45) is 5.92 Å². The standard InChI is InChI=1S/C15H22ClNO/c1-10(2)9-17-5-6-18-15-13(12(17)4)7-11(3)8-14(15)16/h7-8,10,12H,5-6,9H2,1-4H3/t12-/m0/s1. The highest BCUT2D eigenvalue weighted by molar-refractivity contribution is 6.32. The molecule has 3 heteroatoms.